The lowest BCUT2D eigenvalue weighted by Gasteiger charge is -2.05. The average molecular weight is 349 g/mol. The molecule has 0 saturated heterocycles. The number of benzene rings is 2. The summed E-state index contributed by atoms with van der Waals surface area (Å²) in [5, 5.41) is 9.12. The molecule has 2 N–H and O–H groups in total. The van der Waals surface area contributed by atoms with Gasteiger partial charge >= 0.3 is 0 Å². The Balaban J connectivity index is 1.70. The van der Waals surface area contributed by atoms with Gasteiger partial charge in [-0.25, -0.2) is 8.78 Å². The quantitative estimate of drug-likeness (QED) is 0.757. The van der Waals surface area contributed by atoms with Gasteiger partial charge in [0.25, 0.3) is 0 Å². The summed E-state index contributed by atoms with van der Waals surface area (Å²) in [5.41, 5.74) is 0.715. The molecule has 1 heterocycles. The number of H-pyrrole nitrogens is 1. The molecule has 1 aromatic heterocycles. The molecule has 0 bridgehead atoms. The Bertz CT molecular complexity index is 860. The molecule has 3 aromatic rings. The summed E-state index contributed by atoms with van der Waals surface area (Å²) >= 11 is 5.89. The Morgan fingerprint density at radius 2 is 1.92 bits per heavy atom. The Morgan fingerprint density at radius 3 is 2.62 bits per heavy atom. The summed E-state index contributed by atoms with van der Waals surface area (Å²) in [5.74, 6) is -1.03. The second-order valence-electron chi connectivity index (χ2n) is 4.94. The van der Waals surface area contributed by atoms with E-state index in [-0.39, 0.29) is 28.8 Å². The maximum Gasteiger partial charge on any atom is 0.249 e. The van der Waals surface area contributed by atoms with Gasteiger partial charge in [0.2, 0.25) is 11.9 Å². The predicted molar refractivity (Wildman–Crippen MR) is 85.5 cm³/mol. The number of nitrogens with one attached hydrogen (secondary N) is 2. The summed E-state index contributed by atoms with van der Waals surface area (Å²) in [6, 6.07) is 9.83. The maximum atomic E-state index is 13.7. The van der Waals surface area contributed by atoms with E-state index in [0.29, 0.717) is 11.4 Å². The van der Waals surface area contributed by atoms with E-state index in [4.69, 9.17) is 11.6 Å². The number of amides is 1. The van der Waals surface area contributed by atoms with Gasteiger partial charge < -0.3 is 0 Å². The largest absolute Gasteiger partial charge is 0.293 e. The van der Waals surface area contributed by atoms with E-state index in [1.807, 2.05) is 0 Å². The van der Waals surface area contributed by atoms with Gasteiger partial charge in [0.1, 0.15) is 11.6 Å². The Labute approximate surface area is 140 Å². The smallest absolute Gasteiger partial charge is 0.249 e. The van der Waals surface area contributed by atoms with Crippen molar-refractivity contribution >= 4 is 23.5 Å². The van der Waals surface area contributed by atoms with E-state index in [1.165, 1.54) is 42.5 Å². The lowest BCUT2D eigenvalue weighted by Crippen LogP contribution is -2.16. The molecule has 3 rings (SSSR count). The molecule has 0 saturated carbocycles. The van der Waals surface area contributed by atoms with Gasteiger partial charge in [-0.15, -0.1) is 5.10 Å². The van der Waals surface area contributed by atoms with Crippen LogP contribution in [0, 0.1) is 11.6 Å². The molecular formula is C16H11ClF2N4O. The van der Waals surface area contributed by atoms with Crippen LogP contribution in [0.3, 0.4) is 0 Å². The van der Waals surface area contributed by atoms with Crippen molar-refractivity contribution in [2.45, 2.75) is 6.42 Å². The summed E-state index contributed by atoms with van der Waals surface area (Å²) < 4.78 is 26.6. The number of carbonyl (C=O) groups is 1. The highest BCUT2D eigenvalue weighted by Gasteiger charge is 2.14. The molecule has 8 heteroatoms. The fourth-order valence-corrected chi connectivity index (χ4v) is 2.32. The summed E-state index contributed by atoms with van der Waals surface area (Å²) in [7, 11) is 0. The minimum Gasteiger partial charge on any atom is -0.293 e. The first-order chi connectivity index (χ1) is 11.5. The zero-order valence-corrected chi connectivity index (χ0v) is 12.9. The van der Waals surface area contributed by atoms with E-state index >= 15 is 0 Å². The lowest BCUT2D eigenvalue weighted by atomic mass is 10.1. The molecule has 1 amide bonds. The fraction of sp³-hybridized carbons (Fsp3) is 0.0625. The number of carbonyl (C=O) groups excluding carboxylic acids is 1. The third kappa shape index (κ3) is 3.57. The molecule has 0 spiro atoms. The van der Waals surface area contributed by atoms with Crippen molar-refractivity contribution < 1.29 is 13.6 Å². The summed E-state index contributed by atoms with van der Waals surface area (Å²) in [6.45, 7) is 0. The number of hydrogen-bond acceptors (Lipinski definition) is 3. The molecule has 0 aliphatic heterocycles. The van der Waals surface area contributed by atoms with Crippen LogP contribution in [0.4, 0.5) is 14.7 Å². The van der Waals surface area contributed by atoms with Crippen LogP contribution >= 0.6 is 11.6 Å². The Morgan fingerprint density at radius 1 is 1.17 bits per heavy atom. The summed E-state index contributed by atoms with van der Waals surface area (Å²) in [6.07, 6.45) is -0.244. The van der Waals surface area contributed by atoms with Crippen LogP contribution in [0.15, 0.2) is 42.5 Å². The molecule has 5 nitrogen and oxygen atoms in total. The van der Waals surface area contributed by atoms with E-state index in [0.717, 1.165) is 0 Å². The molecule has 0 radical (unpaired) electrons. The second-order valence-corrected chi connectivity index (χ2v) is 5.35. The number of nitrogens with zero attached hydrogens (tertiary/aromatic N) is 2. The van der Waals surface area contributed by atoms with Crippen LogP contribution in [0.25, 0.3) is 11.4 Å². The number of aromatic nitrogens is 3. The highest BCUT2D eigenvalue weighted by Crippen LogP contribution is 2.20. The molecule has 122 valence electrons. The minimum absolute atomic E-state index is 0.0341. The van der Waals surface area contributed by atoms with Gasteiger partial charge in [-0.2, -0.15) is 4.98 Å². The zero-order chi connectivity index (χ0) is 17.1. The Kier molecular flexibility index (Phi) is 4.52. The first kappa shape index (κ1) is 16.1. The van der Waals surface area contributed by atoms with Gasteiger partial charge in [-0.05, 0) is 36.4 Å². The van der Waals surface area contributed by atoms with Gasteiger partial charge in [-0.3, -0.25) is 15.2 Å². The molecule has 0 aliphatic rings. The van der Waals surface area contributed by atoms with Gasteiger partial charge in [-0.1, -0.05) is 17.7 Å². The number of rotatable bonds is 4. The zero-order valence-electron chi connectivity index (χ0n) is 12.2. The third-order valence-corrected chi connectivity index (χ3v) is 3.61. The van der Waals surface area contributed by atoms with Crippen molar-refractivity contribution in [3.8, 4) is 11.4 Å². The predicted octanol–water partition coefficient (Wildman–Crippen LogP) is 3.58. The van der Waals surface area contributed by atoms with Crippen LogP contribution in [0.1, 0.15) is 5.56 Å². The molecule has 0 unspecified atom stereocenters. The van der Waals surface area contributed by atoms with Crippen LogP contribution in [0.2, 0.25) is 5.02 Å². The van der Waals surface area contributed by atoms with Crippen LogP contribution < -0.4 is 5.32 Å². The first-order valence-corrected chi connectivity index (χ1v) is 7.32. The van der Waals surface area contributed by atoms with Crippen molar-refractivity contribution in [3.05, 3.63) is 64.7 Å². The average Bonchev–Trinajstić information content (AvgIpc) is 3.00. The van der Waals surface area contributed by atoms with Crippen molar-refractivity contribution in [1.29, 1.82) is 0 Å². The minimum atomic E-state index is -0.556. The third-order valence-electron chi connectivity index (χ3n) is 3.25. The molecule has 0 fully saturated rings. The number of aromatic amines is 1. The maximum absolute atomic E-state index is 13.7. The van der Waals surface area contributed by atoms with E-state index < -0.39 is 11.7 Å². The van der Waals surface area contributed by atoms with Crippen molar-refractivity contribution in [3.63, 3.8) is 0 Å². The van der Waals surface area contributed by atoms with E-state index in [9.17, 15) is 13.6 Å². The van der Waals surface area contributed by atoms with E-state index in [1.54, 1.807) is 0 Å². The second kappa shape index (κ2) is 6.76. The molecule has 24 heavy (non-hydrogen) atoms. The molecule has 2 aromatic carbocycles. The van der Waals surface area contributed by atoms with Crippen LogP contribution in [-0.4, -0.2) is 21.1 Å². The topological polar surface area (TPSA) is 70.7 Å². The van der Waals surface area contributed by atoms with Crippen molar-refractivity contribution in [1.82, 2.24) is 15.2 Å². The van der Waals surface area contributed by atoms with Gasteiger partial charge in [0, 0.05) is 16.1 Å². The number of halogens is 3. The molecule has 0 aliphatic carbocycles. The highest BCUT2D eigenvalue weighted by molar-refractivity contribution is 6.31. The SMILES string of the molecule is O=C(Cc1c(F)cccc1Cl)Nc1n[nH]c(-c2ccc(F)cc2)n1. The highest BCUT2D eigenvalue weighted by atomic mass is 35.5. The standard InChI is InChI=1S/C16H11ClF2N4O/c17-12-2-1-3-13(19)11(12)8-14(24)20-16-21-15(22-23-16)9-4-6-10(18)7-5-9/h1-7H,8H2,(H2,20,21,22,23,24). The van der Waals surface area contributed by atoms with Gasteiger partial charge in [0.05, 0.1) is 6.42 Å². The lowest BCUT2D eigenvalue weighted by molar-refractivity contribution is -0.115. The van der Waals surface area contributed by atoms with Gasteiger partial charge in [0.15, 0.2) is 5.82 Å². The normalized spacial score (nSPS) is 10.6. The van der Waals surface area contributed by atoms with E-state index in [2.05, 4.69) is 20.5 Å². The van der Waals surface area contributed by atoms with Crippen LogP contribution in [-0.2, 0) is 11.2 Å². The Hall–Kier alpha value is -2.80. The monoisotopic (exact) mass is 348 g/mol. The molecule has 0 atom stereocenters. The van der Waals surface area contributed by atoms with Crippen LogP contribution in [0.5, 0.6) is 0 Å². The van der Waals surface area contributed by atoms with Crippen molar-refractivity contribution in [2.24, 2.45) is 0 Å². The fourth-order valence-electron chi connectivity index (χ4n) is 2.09. The summed E-state index contributed by atoms with van der Waals surface area (Å²) in [4.78, 5) is 16.1. The first-order valence-electron chi connectivity index (χ1n) is 6.94. The number of anilines is 1. The van der Waals surface area contributed by atoms with Crippen molar-refractivity contribution in [2.75, 3.05) is 5.32 Å². The molecular weight excluding hydrogens is 338 g/mol. The number of hydrogen-bond donors (Lipinski definition) is 2.